The van der Waals surface area contributed by atoms with Crippen molar-refractivity contribution in [3.8, 4) is 11.5 Å². The lowest BCUT2D eigenvalue weighted by atomic mass is 9.70. The highest BCUT2D eigenvalue weighted by atomic mass is 16.5. The fourth-order valence-corrected chi connectivity index (χ4v) is 4.50. The van der Waals surface area contributed by atoms with E-state index >= 15 is 0 Å². The number of H-pyrrole nitrogens is 1. The molecule has 1 atom stereocenters. The molecule has 4 aromatic carbocycles. The van der Waals surface area contributed by atoms with E-state index in [1.54, 1.807) is 13.2 Å². The molecule has 0 spiro atoms. The zero-order valence-electron chi connectivity index (χ0n) is 17.0. The van der Waals surface area contributed by atoms with E-state index in [0.29, 0.717) is 5.75 Å². The third kappa shape index (κ3) is 2.74. The van der Waals surface area contributed by atoms with E-state index in [-0.39, 0.29) is 0 Å². The second-order valence-electron chi connectivity index (χ2n) is 7.82. The number of hydrogen-bond acceptors (Lipinski definition) is 2. The van der Waals surface area contributed by atoms with E-state index in [4.69, 9.17) is 4.74 Å². The predicted octanol–water partition coefficient (Wildman–Crippen LogP) is 6.39. The maximum Gasteiger partial charge on any atom is 0.120 e. The van der Waals surface area contributed by atoms with E-state index in [1.807, 2.05) is 36.4 Å². The number of benzene rings is 4. The number of rotatable bonds is 4. The van der Waals surface area contributed by atoms with Crippen LogP contribution < -0.4 is 4.74 Å². The van der Waals surface area contributed by atoms with Crippen molar-refractivity contribution < 1.29 is 9.84 Å². The van der Waals surface area contributed by atoms with Gasteiger partial charge in [0.15, 0.2) is 0 Å². The van der Waals surface area contributed by atoms with Crippen molar-refractivity contribution in [1.29, 1.82) is 0 Å². The molecule has 1 aromatic heterocycles. The Hall–Kier alpha value is -3.72. The van der Waals surface area contributed by atoms with Gasteiger partial charge in [-0.05, 0) is 59.2 Å². The third-order valence-corrected chi connectivity index (χ3v) is 6.20. The van der Waals surface area contributed by atoms with Crippen LogP contribution in [0.2, 0.25) is 0 Å². The lowest BCUT2D eigenvalue weighted by Crippen LogP contribution is -2.25. The minimum atomic E-state index is -0.543. The number of aromatic amines is 1. The number of para-hydroxylation sites is 2. The van der Waals surface area contributed by atoms with Crippen LogP contribution in [0.5, 0.6) is 11.5 Å². The summed E-state index contributed by atoms with van der Waals surface area (Å²) in [4.78, 5) is 3.41. The molecule has 3 nitrogen and oxygen atoms in total. The molecule has 30 heavy (non-hydrogen) atoms. The standard InChI is InChI=1S/C27H23NO2/c1-27(23-8-4-6-10-26(23)29,24-17-28-25-9-5-3-7-22(24)25)20-13-11-19-16-21(30-2)14-12-18(19)15-20/h3-17,28-29H,1-2H3/t27-/m1/s1. The van der Waals surface area contributed by atoms with Crippen molar-refractivity contribution in [2.24, 2.45) is 0 Å². The predicted molar refractivity (Wildman–Crippen MR) is 122 cm³/mol. The monoisotopic (exact) mass is 393 g/mol. The lowest BCUT2D eigenvalue weighted by Gasteiger charge is -2.32. The molecule has 0 aliphatic carbocycles. The van der Waals surface area contributed by atoms with E-state index in [9.17, 15) is 5.11 Å². The van der Waals surface area contributed by atoms with Gasteiger partial charge in [0.1, 0.15) is 11.5 Å². The summed E-state index contributed by atoms with van der Waals surface area (Å²) in [5.41, 5.74) is 3.67. The molecule has 3 heteroatoms. The zero-order chi connectivity index (χ0) is 20.7. The molecule has 0 aliphatic rings. The number of fused-ring (bicyclic) bond motifs is 2. The smallest absolute Gasteiger partial charge is 0.120 e. The van der Waals surface area contributed by atoms with Gasteiger partial charge in [-0.15, -0.1) is 0 Å². The SMILES string of the molecule is COc1ccc2cc([C@](C)(c3ccccc3O)c3c[nH]c4ccccc34)ccc2c1. The fourth-order valence-electron chi connectivity index (χ4n) is 4.50. The van der Waals surface area contributed by atoms with Crippen LogP contribution >= 0.6 is 0 Å². The van der Waals surface area contributed by atoms with Crippen molar-refractivity contribution in [3.05, 3.63) is 108 Å². The van der Waals surface area contributed by atoms with Crippen LogP contribution in [0.3, 0.4) is 0 Å². The minimum absolute atomic E-state index is 0.292. The molecule has 0 radical (unpaired) electrons. The third-order valence-electron chi connectivity index (χ3n) is 6.20. The Morgan fingerprint density at radius 1 is 0.800 bits per heavy atom. The zero-order valence-corrected chi connectivity index (χ0v) is 17.0. The van der Waals surface area contributed by atoms with Gasteiger partial charge in [0.25, 0.3) is 0 Å². The number of phenols is 1. The Balaban J connectivity index is 1.81. The highest BCUT2D eigenvalue weighted by Gasteiger charge is 2.35. The number of nitrogens with one attached hydrogen (secondary N) is 1. The summed E-state index contributed by atoms with van der Waals surface area (Å²) in [6, 6.07) is 28.5. The Labute approximate surface area is 175 Å². The van der Waals surface area contributed by atoms with Crippen LogP contribution in [0.25, 0.3) is 21.7 Å². The molecule has 0 bridgehead atoms. The summed E-state index contributed by atoms with van der Waals surface area (Å²) < 4.78 is 5.37. The normalized spacial score (nSPS) is 13.4. The summed E-state index contributed by atoms with van der Waals surface area (Å²) >= 11 is 0. The topological polar surface area (TPSA) is 45.2 Å². The van der Waals surface area contributed by atoms with Gasteiger partial charge in [-0.2, -0.15) is 0 Å². The fraction of sp³-hybridized carbons (Fsp3) is 0.111. The van der Waals surface area contributed by atoms with Crippen molar-refractivity contribution in [2.45, 2.75) is 12.3 Å². The number of aromatic nitrogens is 1. The van der Waals surface area contributed by atoms with Gasteiger partial charge in [0.05, 0.1) is 7.11 Å². The summed E-state index contributed by atoms with van der Waals surface area (Å²) in [6.45, 7) is 2.18. The second kappa shape index (κ2) is 6.96. The van der Waals surface area contributed by atoms with E-state index in [0.717, 1.165) is 44.1 Å². The van der Waals surface area contributed by atoms with Gasteiger partial charge in [-0.3, -0.25) is 0 Å². The van der Waals surface area contributed by atoms with Crippen molar-refractivity contribution >= 4 is 21.7 Å². The number of ether oxygens (including phenoxy) is 1. The first-order chi connectivity index (χ1) is 14.6. The summed E-state index contributed by atoms with van der Waals surface area (Å²) in [5, 5.41) is 14.2. The van der Waals surface area contributed by atoms with Gasteiger partial charge < -0.3 is 14.8 Å². The molecule has 0 aliphatic heterocycles. The molecule has 0 saturated heterocycles. The van der Waals surface area contributed by atoms with Crippen LogP contribution in [0, 0.1) is 0 Å². The van der Waals surface area contributed by atoms with E-state index in [1.165, 1.54) is 0 Å². The molecular formula is C27H23NO2. The molecule has 0 unspecified atom stereocenters. The highest BCUT2D eigenvalue weighted by molar-refractivity contribution is 5.88. The Morgan fingerprint density at radius 3 is 2.37 bits per heavy atom. The Kier molecular flexibility index (Phi) is 4.25. The van der Waals surface area contributed by atoms with Gasteiger partial charge in [-0.1, -0.05) is 54.6 Å². The number of methoxy groups -OCH3 is 1. The molecule has 5 aromatic rings. The molecular weight excluding hydrogens is 370 g/mol. The molecule has 0 fully saturated rings. The van der Waals surface area contributed by atoms with E-state index < -0.39 is 5.41 Å². The molecule has 0 amide bonds. The largest absolute Gasteiger partial charge is 0.508 e. The average Bonchev–Trinajstić information content (AvgIpc) is 3.23. The Bertz CT molecular complexity index is 1370. The first-order valence-electron chi connectivity index (χ1n) is 10.0. The molecule has 2 N–H and O–H groups in total. The molecule has 1 heterocycles. The maximum atomic E-state index is 10.8. The van der Waals surface area contributed by atoms with Crippen molar-refractivity contribution in [1.82, 2.24) is 4.98 Å². The first kappa shape index (κ1) is 18.3. The lowest BCUT2D eigenvalue weighted by molar-refractivity contribution is 0.415. The van der Waals surface area contributed by atoms with Gasteiger partial charge in [0, 0.05) is 28.1 Å². The first-order valence-corrected chi connectivity index (χ1v) is 10.0. The highest BCUT2D eigenvalue weighted by Crippen LogP contribution is 2.45. The molecule has 5 rings (SSSR count). The quantitative estimate of drug-likeness (QED) is 0.372. The van der Waals surface area contributed by atoms with Crippen LogP contribution in [-0.4, -0.2) is 17.2 Å². The Morgan fingerprint density at radius 2 is 1.53 bits per heavy atom. The van der Waals surface area contributed by atoms with E-state index in [2.05, 4.69) is 60.6 Å². The van der Waals surface area contributed by atoms with Crippen molar-refractivity contribution in [3.63, 3.8) is 0 Å². The average molecular weight is 393 g/mol. The minimum Gasteiger partial charge on any atom is -0.508 e. The summed E-state index contributed by atoms with van der Waals surface area (Å²) in [5.74, 6) is 1.13. The summed E-state index contributed by atoms with van der Waals surface area (Å²) in [6.07, 6.45) is 2.06. The van der Waals surface area contributed by atoms with Crippen LogP contribution in [-0.2, 0) is 5.41 Å². The van der Waals surface area contributed by atoms with Crippen LogP contribution in [0.15, 0.2) is 91.1 Å². The number of hydrogen-bond donors (Lipinski definition) is 2. The number of phenolic OH excluding ortho intramolecular Hbond substituents is 1. The maximum absolute atomic E-state index is 10.8. The summed E-state index contributed by atoms with van der Waals surface area (Å²) in [7, 11) is 1.68. The van der Waals surface area contributed by atoms with Gasteiger partial charge in [0.2, 0.25) is 0 Å². The van der Waals surface area contributed by atoms with Crippen LogP contribution in [0.4, 0.5) is 0 Å². The van der Waals surface area contributed by atoms with Gasteiger partial charge in [-0.25, -0.2) is 0 Å². The van der Waals surface area contributed by atoms with Crippen LogP contribution in [0.1, 0.15) is 23.6 Å². The molecule has 148 valence electrons. The van der Waals surface area contributed by atoms with Gasteiger partial charge >= 0.3 is 0 Å². The van der Waals surface area contributed by atoms with Crippen molar-refractivity contribution in [2.75, 3.05) is 7.11 Å². The number of aromatic hydroxyl groups is 1. The molecule has 0 saturated carbocycles. The second-order valence-corrected chi connectivity index (χ2v) is 7.82.